The largest absolute Gasteiger partial charge is 0.501 e. The van der Waals surface area contributed by atoms with Crippen LogP contribution < -0.4 is 0 Å². The highest BCUT2D eigenvalue weighted by Crippen LogP contribution is 2.29. The molecular weight excluding hydrogens is 239 g/mol. The lowest BCUT2D eigenvalue weighted by Gasteiger charge is -2.06. The molecule has 3 nitrogen and oxygen atoms in total. The van der Waals surface area contributed by atoms with Crippen molar-refractivity contribution in [2.75, 3.05) is 0 Å². The molecule has 0 amide bonds. The number of aromatic amines is 1. The summed E-state index contributed by atoms with van der Waals surface area (Å²) >= 11 is 4.56. The van der Waals surface area contributed by atoms with Crippen molar-refractivity contribution in [2.45, 2.75) is 10.4 Å². The highest BCUT2D eigenvalue weighted by molar-refractivity contribution is 7.92. The van der Waals surface area contributed by atoms with Crippen LogP contribution in [0.15, 0.2) is 23.2 Å². The van der Waals surface area contributed by atoms with Gasteiger partial charge in [0, 0.05) is 6.20 Å². The highest BCUT2D eigenvalue weighted by Gasteiger charge is 2.46. The Balaban J connectivity index is 3.32. The molecule has 0 saturated heterocycles. The maximum absolute atomic E-state index is 12.0. The van der Waals surface area contributed by atoms with Crippen LogP contribution in [0.1, 0.15) is 0 Å². The van der Waals surface area contributed by atoms with Crippen LogP contribution in [0.5, 0.6) is 0 Å². The summed E-state index contributed by atoms with van der Waals surface area (Å²) in [5, 5.41) is 0. The number of nitrogens with one attached hydrogen (secondary N) is 1. The smallest absolute Gasteiger partial charge is 0.352 e. The van der Waals surface area contributed by atoms with Crippen molar-refractivity contribution in [3.05, 3.63) is 23.0 Å². The van der Waals surface area contributed by atoms with Crippen LogP contribution in [0, 0.1) is 4.64 Å². The SMILES string of the molecule is O=S(=O)(c1ccc(=S)[nH]c1)C(F)(F)F. The van der Waals surface area contributed by atoms with Gasteiger partial charge in [-0.3, -0.25) is 0 Å². The minimum atomic E-state index is -5.29. The van der Waals surface area contributed by atoms with Gasteiger partial charge in [-0.25, -0.2) is 8.42 Å². The van der Waals surface area contributed by atoms with Crippen LogP contribution in [-0.2, 0) is 9.84 Å². The normalized spacial score (nSPS) is 12.8. The summed E-state index contributed by atoms with van der Waals surface area (Å²) in [5.41, 5.74) is -5.29. The van der Waals surface area contributed by atoms with Crippen LogP contribution in [0.3, 0.4) is 0 Å². The van der Waals surface area contributed by atoms with Crippen molar-refractivity contribution >= 4 is 22.1 Å². The highest BCUT2D eigenvalue weighted by atomic mass is 32.2. The van der Waals surface area contributed by atoms with E-state index in [9.17, 15) is 21.6 Å². The molecule has 1 N–H and O–H groups in total. The van der Waals surface area contributed by atoms with E-state index in [1.54, 1.807) is 0 Å². The molecule has 0 radical (unpaired) electrons. The van der Waals surface area contributed by atoms with Gasteiger partial charge in [0.2, 0.25) is 0 Å². The quantitative estimate of drug-likeness (QED) is 0.768. The van der Waals surface area contributed by atoms with Gasteiger partial charge in [-0.2, -0.15) is 13.2 Å². The summed E-state index contributed by atoms with van der Waals surface area (Å²) in [7, 11) is -5.27. The van der Waals surface area contributed by atoms with Gasteiger partial charge in [0.25, 0.3) is 9.84 Å². The monoisotopic (exact) mass is 243 g/mol. The molecule has 0 atom stereocenters. The van der Waals surface area contributed by atoms with Gasteiger partial charge >= 0.3 is 5.51 Å². The van der Waals surface area contributed by atoms with Crippen LogP contribution in [0.2, 0.25) is 0 Å². The van der Waals surface area contributed by atoms with Crippen molar-refractivity contribution in [3.8, 4) is 0 Å². The zero-order valence-corrected chi connectivity index (χ0v) is 8.13. The number of hydrogen-bond acceptors (Lipinski definition) is 3. The summed E-state index contributed by atoms with van der Waals surface area (Å²) in [5.74, 6) is 0. The van der Waals surface area contributed by atoms with Gasteiger partial charge in [-0.15, -0.1) is 0 Å². The Morgan fingerprint density at radius 1 is 1.29 bits per heavy atom. The molecule has 1 aromatic rings. The van der Waals surface area contributed by atoms with E-state index in [2.05, 4.69) is 17.2 Å². The first kappa shape index (κ1) is 11.2. The third-order valence-electron chi connectivity index (χ3n) is 1.37. The summed E-state index contributed by atoms with van der Waals surface area (Å²) < 4.78 is 57.7. The Bertz CT molecular complexity index is 468. The lowest BCUT2D eigenvalue weighted by molar-refractivity contribution is -0.0436. The second-order valence-corrected chi connectivity index (χ2v) is 4.72. The molecule has 0 spiro atoms. The van der Waals surface area contributed by atoms with E-state index in [0.717, 1.165) is 12.1 Å². The minimum Gasteiger partial charge on any atom is -0.352 e. The van der Waals surface area contributed by atoms with Gasteiger partial charge < -0.3 is 4.98 Å². The summed E-state index contributed by atoms with van der Waals surface area (Å²) in [4.78, 5) is 1.37. The van der Waals surface area contributed by atoms with E-state index in [1.807, 2.05) is 0 Å². The average molecular weight is 243 g/mol. The number of H-pyrrole nitrogens is 1. The number of sulfone groups is 1. The van der Waals surface area contributed by atoms with E-state index < -0.39 is 20.2 Å². The zero-order valence-electron chi connectivity index (χ0n) is 6.50. The lowest BCUT2D eigenvalue weighted by Crippen LogP contribution is -2.23. The molecule has 14 heavy (non-hydrogen) atoms. The van der Waals surface area contributed by atoms with Gasteiger partial charge in [0.15, 0.2) is 0 Å². The van der Waals surface area contributed by atoms with E-state index in [4.69, 9.17) is 0 Å². The first-order valence-electron chi connectivity index (χ1n) is 3.25. The Morgan fingerprint density at radius 3 is 2.21 bits per heavy atom. The number of hydrogen-bond donors (Lipinski definition) is 1. The number of rotatable bonds is 1. The van der Waals surface area contributed by atoms with Crippen molar-refractivity contribution in [3.63, 3.8) is 0 Å². The first-order chi connectivity index (χ1) is 6.25. The van der Waals surface area contributed by atoms with E-state index in [1.165, 1.54) is 0 Å². The second-order valence-electron chi connectivity index (χ2n) is 2.34. The van der Waals surface area contributed by atoms with Crippen molar-refractivity contribution < 1.29 is 21.6 Å². The van der Waals surface area contributed by atoms with Crippen molar-refractivity contribution in [2.24, 2.45) is 0 Å². The van der Waals surface area contributed by atoms with E-state index in [-0.39, 0.29) is 4.64 Å². The molecule has 1 heterocycles. The maximum Gasteiger partial charge on any atom is 0.501 e. The zero-order chi connectivity index (χ0) is 11.0. The Kier molecular flexibility index (Phi) is 2.68. The predicted octanol–water partition coefficient (Wildman–Crippen LogP) is 2.04. The number of aromatic nitrogens is 1. The Labute approximate surface area is 82.5 Å². The van der Waals surface area contributed by atoms with Crippen LogP contribution in [0.25, 0.3) is 0 Å². The molecule has 0 aromatic carbocycles. The lowest BCUT2D eigenvalue weighted by atomic mass is 10.5. The molecule has 0 fully saturated rings. The molecule has 0 aliphatic rings. The Morgan fingerprint density at radius 2 is 1.86 bits per heavy atom. The number of alkyl halides is 3. The van der Waals surface area contributed by atoms with E-state index >= 15 is 0 Å². The van der Waals surface area contributed by atoms with Crippen LogP contribution in [-0.4, -0.2) is 18.9 Å². The number of halogens is 3. The molecule has 0 unspecified atom stereocenters. The fourth-order valence-corrected chi connectivity index (χ4v) is 1.55. The fraction of sp³-hybridized carbons (Fsp3) is 0.167. The molecule has 0 bridgehead atoms. The third kappa shape index (κ3) is 1.95. The molecule has 8 heteroatoms. The standard InChI is InChI=1S/C6H4F3NO2S2/c7-6(8,9)14(11,12)4-1-2-5(13)10-3-4/h1-3H,(H,10,13). The molecule has 0 aliphatic carbocycles. The first-order valence-corrected chi connectivity index (χ1v) is 5.14. The predicted molar refractivity (Wildman–Crippen MR) is 44.9 cm³/mol. The second kappa shape index (κ2) is 3.35. The molecule has 0 saturated carbocycles. The van der Waals surface area contributed by atoms with Crippen LogP contribution in [0.4, 0.5) is 13.2 Å². The van der Waals surface area contributed by atoms with Crippen LogP contribution >= 0.6 is 12.2 Å². The number of pyridine rings is 1. The molecular formula is C6H4F3NO2S2. The third-order valence-corrected chi connectivity index (χ3v) is 3.11. The Hall–Kier alpha value is -0.890. The summed E-state index contributed by atoms with van der Waals surface area (Å²) in [6, 6.07) is 1.88. The van der Waals surface area contributed by atoms with E-state index in [0.29, 0.717) is 6.20 Å². The van der Waals surface area contributed by atoms with Gasteiger partial charge in [0.05, 0.1) is 4.90 Å². The van der Waals surface area contributed by atoms with Gasteiger partial charge in [-0.1, -0.05) is 12.2 Å². The molecule has 0 aliphatic heterocycles. The molecule has 1 rings (SSSR count). The fourth-order valence-electron chi connectivity index (χ4n) is 0.697. The van der Waals surface area contributed by atoms with Gasteiger partial charge in [-0.05, 0) is 12.1 Å². The molecule has 1 aromatic heterocycles. The summed E-state index contributed by atoms with van der Waals surface area (Å²) in [6.45, 7) is 0. The minimum absolute atomic E-state index is 0.158. The van der Waals surface area contributed by atoms with Crippen molar-refractivity contribution in [1.82, 2.24) is 4.98 Å². The summed E-state index contributed by atoms with van der Waals surface area (Å²) in [6.07, 6.45) is 0.713. The maximum atomic E-state index is 12.0. The van der Waals surface area contributed by atoms with Crippen molar-refractivity contribution in [1.29, 1.82) is 0 Å². The topological polar surface area (TPSA) is 49.9 Å². The average Bonchev–Trinajstić information content (AvgIpc) is 2.03. The molecule has 78 valence electrons. The van der Waals surface area contributed by atoms with Gasteiger partial charge in [0.1, 0.15) is 4.64 Å².